The van der Waals surface area contributed by atoms with Gasteiger partial charge in [0.05, 0.1) is 33.5 Å². The quantitative estimate of drug-likeness (QED) is 0.147. The Morgan fingerprint density at radius 2 is 1.00 bits per heavy atom. The van der Waals surface area contributed by atoms with E-state index in [1.807, 2.05) is 55.5 Å². The maximum atomic E-state index is 5.21. The molecule has 0 aliphatic carbocycles. The summed E-state index contributed by atoms with van der Waals surface area (Å²) in [5.41, 5.74) is 9.05. The Kier molecular flexibility index (Phi) is 6.46. The van der Waals surface area contributed by atoms with E-state index in [0.717, 1.165) is 44.3 Å². The third kappa shape index (κ3) is 4.47. The first-order valence-corrected chi connectivity index (χ1v) is 15.1. The molecule has 0 saturated carbocycles. The van der Waals surface area contributed by atoms with Crippen LogP contribution in [0.5, 0.6) is 0 Å². The first-order chi connectivity index (χ1) is 22.2. The van der Waals surface area contributed by atoms with E-state index < -0.39 is 0 Å². The summed E-state index contributed by atoms with van der Waals surface area (Å²) in [6.07, 6.45) is 0. The molecule has 45 heavy (non-hydrogen) atoms. The number of nitrogens with zero attached hydrogens (tertiary/aromatic N) is 4. The van der Waals surface area contributed by atoms with Crippen LogP contribution in [0.25, 0.3) is 55.0 Å². The molecule has 6 aromatic carbocycles. The monoisotopic (exact) mass is 578 g/mol. The van der Waals surface area contributed by atoms with Crippen LogP contribution in [0.4, 0.5) is 0 Å². The topological polar surface area (TPSA) is 34.6 Å². The van der Waals surface area contributed by atoms with E-state index in [-0.39, 0.29) is 0 Å². The highest BCUT2D eigenvalue weighted by atomic mass is 15.2. The molecule has 2 aromatic heterocycles. The molecule has 0 bridgehead atoms. The first-order valence-electron chi connectivity index (χ1n) is 15.1. The lowest BCUT2D eigenvalue weighted by Gasteiger charge is -2.12. The largest absolute Gasteiger partial charge is 0.309 e. The Morgan fingerprint density at radius 1 is 0.489 bits per heavy atom. The summed E-state index contributed by atoms with van der Waals surface area (Å²) in [4.78, 5) is 10.3. The van der Waals surface area contributed by atoms with Crippen molar-refractivity contribution in [3.63, 3.8) is 0 Å². The van der Waals surface area contributed by atoms with E-state index in [4.69, 9.17) is 9.98 Å². The van der Waals surface area contributed by atoms with Crippen molar-refractivity contribution in [3.8, 4) is 5.69 Å². The normalized spacial score (nSPS) is 12.5. The summed E-state index contributed by atoms with van der Waals surface area (Å²) >= 11 is 0. The highest BCUT2D eigenvalue weighted by Crippen LogP contribution is 2.38. The second-order valence-corrected chi connectivity index (χ2v) is 11.2. The number of benzene rings is 6. The van der Waals surface area contributed by atoms with Crippen LogP contribution >= 0.6 is 0 Å². The van der Waals surface area contributed by atoms with Crippen molar-refractivity contribution in [3.05, 3.63) is 169 Å². The lowest BCUT2D eigenvalue weighted by Crippen LogP contribution is -2.12. The number of fused-ring (bicyclic) bond motifs is 6. The van der Waals surface area contributed by atoms with Gasteiger partial charge in [0, 0.05) is 27.3 Å². The van der Waals surface area contributed by atoms with E-state index >= 15 is 0 Å². The first kappa shape index (κ1) is 26.6. The molecule has 0 unspecified atom stereocenters. The molecular formula is C41H30N4. The standard InChI is InChI=1S/C41H30N4/c1-28(30-16-5-3-6-17-30)42-41(43-29(2)31-18-7-4-8-19-31)45-37-25-14-11-22-34(37)40-38(26-15-27-39(40)45)44-35-23-12-9-20-32(35)33-21-10-13-24-36(33)44/h3-27H,1H2,2H3. The molecule has 0 atom stereocenters. The number of aromatic nitrogens is 2. The summed E-state index contributed by atoms with van der Waals surface area (Å²) in [5.74, 6) is 0.566. The van der Waals surface area contributed by atoms with Crippen LogP contribution in [0.2, 0.25) is 0 Å². The fourth-order valence-corrected chi connectivity index (χ4v) is 6.42. The van der Waals surface area contributed by atoms with Gasteiger partial charge in [-0.15, -0.1) is 0 Å². The summed E-state index contributed by atoms with van der Waals surface area (Å²) in [7, 11) is 0. The molecule has 0 radical (unpaired) electrons. The molecule has 8 aromatic rings. The van der Waals surface area contributed by atoms with Crippen molar-refractivity contribution < 1.29 is 0 Å². The van der Waals surface area contributed by atoms with Crippen LogP contribution in [0.1, 0.15) is 18.1 Å². The Balaban J connectivity index is 1.45. The number of aliphatic imine (C=N–C) groups is 2. The van der Waals surface area contributed by atoms with Crippen LogP contribution in [0.15, 0.2) is 168 Å². The molecule has 0 aliphatic rings. The number of para-hydroxylation sites is 3. The second kappa shape index (κ2) is 10.9. The minimum Gasteiger partial charge on any atom is -0.309 e. The van der Waals surface area contributed by atoms with E-state index in [2.05, 4.69) is 119 Å². The van der Waals surface area contributed by atoms with Gasteiger partial charge in [-0.25, -0.2) is 9.98 Å². The molecule has 0 fully saturated rings. The van der Waals surface area contributed by atoms with E-state index in [0.29, 0.717) is 11.7 Å². The summed E-state index contributed by atoms with van der Waals surface area (Å²) < 4.78 is 4.57. The van der Waals surface area contributed by atoms with E-state index in [1.54, 1.807) is 0 Å². The zero-order valence-electron chi connectivity index (χ0n) is 24.9. The van der Waals surface area contributed by atoms with Crippen LogP contribution in [0, 0.1) is 0 Å². The van der Waals surface area contributed by atoms with Gasteiger partial charge in [0.2, 0.25) is 5.96 Å². The van der Waals surface area contributed by atoms with Crippen LogP contribution in [0.3, 0.4) is 0 Å². The fraction of sp³-hybridized carbons (Fsp3) is 0.0244. The lowest BCUT2D eigenvalue weighted by molar-refractivity contribution is 1.19. The SMILES string of the molecule is C=C(N=C(N=C(C)c1ccccc1)n1c2ccccc2c2c(-n3c4ccccc4c4ccccc43)cccc21)c1ccccc1. The van der Waals surface area contributed by atoms with E-state index in [1.165, 1.54) is 21.8 Å². The predicted molar refractivity (Wildman–Crippen MR) is 191 cm³/mol. The van der Waals surface area contributed by atoms with Crippen molar-refractivity contribution in [1.29, 1.82) is 0 Å². The van der Waals surface area contributed by atoms with Crippen molar-refractivity contribution in [2.75, 3.05) is 0 Å². The number of rotatable bonds is 4. The third-order valence-corrected chi connectivity index (χ3v) is 8.50. The number of hydrogen-bond acceptors (Lipinski definition) is 1. The summed E-state index contributed by atoms with van der Waals surface area (Å²) in [6, 6.07) is 52.7. The molecular weight excluding hydrogens is 548 g/mol. The highest BCUT2D eigenvalue weighted by Gasteiger charge is 2.21. The summed E-state index contributed by atoms with van der Waals surface area (Å²) in [5, 5.41) is 4.75. The van der Waals surface area contributed by atoms with Gasteiger partial charge in [0.1, 0.15) is 0 Å². The van der Waals surface area contributed by atoms with Crippen molar-refractivity contribution in [1.82, 2.24) is 9.13 Å². The van der Waals surface area contributed by atoms with Crippen molar-refractivity contribution in [2.45, 2.75) is 6.92 Å². The Hall–Kier alpha value is -6.00. The molecule has 8 rings (SSSR count). The zero-order chi connectivity index (χ0) is 30.3. The molecule has 4 heteroatoms. The van der Waals surface area contributed by atoms with Gasteiger partial charge in [0.25, 0.3) is 0 Å². The fourth-order valence-electron chi connectivity index (χ4n) is 6.42. The zero-order valence-corrected chi connectivity index (χ0v) is 24.9. The van der Waals surface area contributed by atoms with Gasteiger partial charge >= 0.3 is 0 Å². The lowest BCUT2D eigenvalue weighted by atomic mass is 10.1. The smallest absolute Gasteiger partial charge is 0.235 e. The molecule has 2 heterocycles. The Morgan fingerprint density at radius 3 is 1.64 bits per heavy atom. The predicted octanol–water partition coefficient (Wildman–Crippen LogP) is 10.3. The van der Waals surface area contributed by atoms with Gasteiger partial charge in [-0.2, -0.15) is 0 Å². The molecule has 4 nitrogen and oxygen atoms in total. The average molecular weight is 579 g/mol. The Labute approximate surface area is 261 Å². The Bertz CT molecular complexity index is 2390. The van der Waals surface area contributed by atoms with E-state index in [9.17, 15) is 0 Å². The minimum absolute atomic E-state index is 0.566. The molecule has 0 N–H and O–H groups in total. The third-order valence-electron chi connectivity index (χ3n) is 8.50. The van der Waals surface area contributed by atoms with Crippen LogP contribution in [-0.4, -0.2) is 20.8 Å². The number of hydrogen-bond donors (Lipinski definition) is 0. The van der Waals surface area contributed by atoms with Crippen LogP contribution < -0.4 is 0 Å². The molecule has 0 spiro atoms. The molecule has 0 saturated heterocycles. The second-order valence-electron chi connectivity index (χ2n) is 11.2. The van der Waals surface area contributed by atoms with Crippen molar-refractivity contribution in [2.24, 2.45) is 9.98 Å². The van der Waals surface area contributed by atoms with Gasteiger partial charge in [-0.3, -0.25) is 4.57 Å². The maximum Gasteiger partial charge on any atom is 0.235 e. The summed E-state index contributed by atoms with van der Waals surface area (Å²) in [6.45, 7) is 6.40. The highest BCUT2D eigenvalue weighted by molar-refractivity contribution is 6.20. The van der Waals surface area contributed by atoms with Gasteiger partial charge in [-0.05, 0) is 48.4 Å². The average Bonchev–Trinajstić information content (AvgIpc) is 3.62. The van der Waals surface area contributed by atoms with Crippen molar-refractivity contribution >= 4 is 61.0 Å². The minimum atomic E-state index is 0.566. The molecule has 214 valence electrons. The van der Waals surface area contributed by atoms with Gasteiger partial charge < -0.3 is 4.57 Å². The van der Waals surface area contributed by atoms with Gasteiger partial charge in [-0.1, -0.05) is 128 Å². The maximum absolute atomic E-state index is 5.21. The molecule has 0 aliphatic heterocycles. The van der Waals surface area contributed by atoms with Crippen LogP contribution in [-0.2, 0) is 0 Å². The van der Waals surface area contributed by atoms with Gasteiger partial charge in [0.15, 0.2) is 0 Å². The molecule has 0 amide bonds.